The number of para-hydroxylation sites is 1. The molecule has 0 saturated heterocycles. The van der Waals surface area contributed by atoms with Crippen LogP contribution in [0.4, 0.5) is 4.39 Å². The predicted octanol–water partition coefficient (Wildman–Crippen LogP) is 6.83. The third-order valence-corrected chi connectivity index (χ3v) is 7.01. The van der Waals surface area contributed by atoms with Crippen molar-refractivity contribution in [1.82, 2.24) is 5.01 Å². The van der Waals surface area contributed by atoms with Crippen LogP contribution in [0.3, 0.4) is 0 Å². The minimum atomic E-state index is -0.504. The molecule has 0 aromatic heterocycles. The van der Waals surface area contributed by atoms with E-state index in [1.165, 1.54) is 17.1 Å². The van der Waals surface area contributed by atoms with Crippen LogP contribution in [-0.4, -0.2) is 36.4 Å². The lowest BCUT2D eigenvalue weighted by Crippen LogP contribution is -2.34. The van der Waals surface area contributed by atoms with Gasteiger partial charge in [0.25, 0.3) is 5.91 Å². The van der Waals surface area contributed by atoms with E-state index in [4.69, 9.17) is 19.3 Å². The molecule has 6 nitrogen and oxygen atoms in total. The molecule has 1 amide bonds. The third-order valence-electron chi connectivity index (χ3n) is 7.01. The first-order valence-corrected chi connectivity index (χ1v) is 13.5. The Labute approximate surface area is 228 Å². The van der Waals surface area contributed by atoms with E-state index in [1.807, 2.05) is 62.4 Å². The number of carbonyl (C=O) groups is 1. The number of carbonyl (C=O) groups excluding carboxylic acids is 1. The number of ether oxygens (including phenoxy) is 3. The van der Waals surface area contributed by atoms with Crippen molar-refractivity contribution >= 4 is 17.7 Å². The van der Waals surface area contributed by atoms with Crippen molar-refractivity contribution in [1.29, 1.82) is 0 Å². The van der Waals surface area contributed by atoms with Crippen molar-refractivity contribution in [2.45, 2.75) is 39.2 Å². The summed E-state index contributed by atoms with van der Waals surface area (Å²) >= 11 is 0. The summed E-state index contributed by atoms with van der Waals surface area (Å²) in [5.74, 6) is 0.879. The normalized spacial score (nSPS) is 19.4. The largest absolute Gasteiger partial charge is 0.494 e. The molecule has 1 aliphatic heterocycles. The van der Waals surface area contributed by atoms with E-state index in [9.17, 15) is 9.18 Å². The lowest BCUT2D eigenvalue weighted by atomic mass is 9.77. The van der Waals surface area contributed by atoms with Gasteiger partial charge in [0.05, 0.1) is 25.0 Å². The molecule has 39 heavy (non-hydrogen) atoms. The van der Waals surface area contributed by atoms with Crippen molar-refractivity contribution < 1.29 is 23.4 Å². The monoisotopic (exact) mass is 528 g/mol. The number of amides is 1. The van der Waals surface area contributed by atoms with Crippen LogP contribution in [0.5, 0.6) is 17.2 Å². The topological polar surface area (TPSA) is 60.4 Å². The standard InChI is InChI=1S/C32H33FN2O4/c1-3-37-25-16-12-22(13-17-25)20-24-8-7-9-27-31(24)34-35(30(36)21-39-29-11-6-5-10-28(29)33)32(27)23-14-18-26(19-15-23)38-4-2/h5-6,10-20,27,32H,3-4,7-9,21H2,1-2H3/b24-20-/t27-,32+/m1/s1. The molecule has 1 aliphatic carbocycles. The summed E-state index contributed by atoms with van der Waals surface area (Å²) in [5.41, 5.74) is 4.08. The summed E-state index contributed by atoms with van der Waals surface area (Å²) < 4.78 is 30.9. The number of hydrogen-bond acceptors (Lipinski definition) is 5. The molecule has 1 fully saturated rings. The molecule has 2 aliphatic rings. The van der Waals surface area contributed by atoms with Gasteiger partial charge in [-0.3, -0.25) is 4.79 Å². The van der Waals surface area contributed by atoms with Crippen LogP contribution in [0.1, 0.15) is 50.3 Å². The maximum atomic E-state index is 14.1. The predicted molar refractivity (Wildman–Crippen MR) is 149 cm³/mol. The van der Waals surface area contributed by atoms with E-state index in [0.29, 0.717) is 13.2 Å². The van der Waals surface area contributed by atoms with E-state index in [0.717, 1.165) is 53.2 Å². The van der Waals surface area contributed by atoms with Crippen LogP contribution in [0.25, 0.3) is 6.08 Å². The van der Waals surface area contributed by atoms with Gasteiger partial charge < -0.3 is 14.2 Å². The van der Waals surface area contributed by atoms with E-state index in [2.05, 4.69) is 6.08 Å². The van der Waals surface area contributed by atoms with Crippen LogP contribution in [-0.2, 0) is 4.79 Å². The first-order chi connectivity index (χ1) is 19.1. The molecule has 3 aromatic rings. The zero-order chi connectivity index (χ0) is 27.2. The second-order valence-corrected chi connectivity index (χ2v) is 9.56. The van der Waals surface area contributed by atoms with E-state index in [-0.39, 0.29) is 30.2 Å². The smallest absolute Gasteiger partial charge is 0.281 e. The summed E-state index contributed by atoms with van der Waals surface area (Å²) in [5, 5.41) is 6.42. The molecule has 2 atom stereocenters. The summed E-state index contributed by atoms with van der Waals surface area (Å²) in [6, 6.07) is 21.6. The van der Waals surface area contributed by atoms with Gasteiger partial charge in [-0.25, -0.2) is 9.40 Å². The Kier molecular flexibility index (Phi) is 8.25. The maximum Gasteiger partial charge on any atom is 0.281 e. The SMILES string of the molecule is CCOc1ccc(/C=C2/CCC[C@@H]3C2=NN(C(=O)COc2ccccc2F)[C@H]3c2ccc(OCC)cc2)cc1. The van der Waals surface area contributed by atoms with Crippen molar-refractivity contribution in [3.05, 3.63) is 95.3 Å². The number of rotatable bonds is 9. The van der Waals surface area contributed by atoms with Gasteiger partial charge in [-0.1, -0.05) is 36.4 Å². The average Bonchev–Trinajstić information content (AvgIpc) is 3.35. The van der Waals surface area contributed by atoms with E-state index in [1.54, 1.807) is 12.1 Å². The van der Waals surface area contributed by atoms with Crippen LogP contribution >= 0.6 is 0 Å². The van der Waals surface area contributed by atoms with Crippen LogP contribution in [0.2, 0.25) is 0 Å². The zero-order valence-corrected chi connectivity index (χ0v) is 22.3. The van der Waals surface area contributed by atoms with E-state index < -0.39 is 5.82 Å². The van der Waals surface area contributed by atoms with Gasteiger partial charge in [-0.05, 0) is 92.3 Å². The minimum absolute atomic E-state index is 0.0445. The molecule has 1 saturated carbocycles. The molecule has 0 N–H and O–H groups in total. The van der Waals surface area contributed by atoms with Crippen LogP contribution < -0.4 is 14.2 Å². The van der Waals surface area contributed by atoms with Gasteiger partial charge in [0.15, 0.2) is 18.2 Å². The lowest BCUT2D eigenvalue weighted by Gasteiger charge is -2.29. The molecule has 0 radical (unpaired) electrons. The minimum Gasteiger partial charge on any atom is -0.494 e. The Morgan fingerprint density at radius 3 is 2.28 bits per heavy atom. The van der Waals surface area contributed by atoms with Gasteiger partial charge >= 0.3 is 0 Å². The summed E-state index contributed by atoms with van der Waals surface area (Å²) in [4.78, 5) is 13.5. The number of allylic oxidation sites excluding steroid dienone is 1. The summed E-state index contributed by atoms with van der Waals surface area (Å²) in [6.07, 6.45) is 4.94. The first-order valence-electron chi connectivity index (χ1n) is 13.5. The molecule has 202 valence electrons. The van der Waals surface area contributed by atoms with Gasteiger partial charge in [-0.15, -0.1) is 0 Å². The first kappa shape index (κ1) is 26.5. The number of fused-ring (bicyclic) bond motifs is 1. The van der Waals surface area contributed by atoms with Crippen molar-refractivity contribution in [3.8, 4) is 17.2 Å². The maximum absolute atomic E-state index is 14.1. The highest BCUT2D eigenvalue weighted by atomic mass is 19.1. The van der Waals surface area contributed by atoms with Gasteiger partial charge in [-0.2, -0.15) is 5.10 Å². The summed E-state index contributed by atoms with van der Waals surface area (Å²) in [6.45, 7) is 4.80. The number of hydrazone groups is 1. The second kappa shape index (κ2) is 12.2. The molecule has 0 bridgehead atoms. The fourth-order valence-corrected chi connectivity index (χ4v) is 5.26. The molecular weight excluding hydrogens is 495 g/mol. The molecule has 1 heterocycles. The fraction of sp³-hybridized carbons (Fsp3) is 0.312. The number of benzene rings is 3. The number of halogens is 1. The number of hydrogen-bond donors (Lipinski definition) is 0. The summed E-state index contributed by atoms with van der Waals surface area (Å²) in [7, 11) is 0. The molecule has 0 unspecified atom stereocenters. The van der Waals surface area contributed by atoms with Crippen molar-refractivity contribution in [3.63, 3.8) is 0 Å². The highest BCUT2D eigenvalue weighted by Crippen LogP contribution is 2.44. The third kappa shape index (κ3) is 5.98. The Hall–Kier alpha value is -4.13. The Morgan fingerprint density at radius 2 is 1.62 bits per heavy atom. The molecule has 7 heteroatoms. The van der Waals surface area contributed by atoms with Crippen LogP contribution in [0, 0.1) is 11.7 Å². The van der Waals surface area contributed by atoms with Crippen LogP contribution in [0.15, 0.2) is 83.5 Å². The second-order valence-electron chi connectivity index (χ2n) is 9.56. The van der Waals surface area contributed by atoms with Crippen molar-refractivity contribution in [2.75, 3.05) is 19.8 Å². The highest BCUT2D eigenvalue weighted by Gasteiger charge is 2.43. The van der Waals surface area contributed by atoms with Gasteiger partial charge in [0.2, 0.25) is 0 Å². The highest BCUT2D eigenvalue weighted by molar-refractivity contribution is 6.08. The molecule has 5 rings (SSSR count). The Morgan fingerprint density at radius 1 is 0.949 bits per heavy atom. The fourth-order valence-electron chi connectivity index (χ4n) is 5.26. The van der Waals surface area contributed by atoms with Gasteiger partial charge in [0, 0.05) is 5.92 Å². The number of nitrogens with zero attached hydrogens (tertiary/aromatic N) is 2. The van der Waals surface area contributed by atoms with Crippen molar-refractivity contribution in [2.24, 2.45) is 11.0 Å². The molecular formula is C32H33FN2O4. The molecule has 0 spiro atoms. The lowest BCUT2D eigenvalue weighted by molar-refractivity contribution is -0.135. The average molecular weight is 529 g/mol. The molecule has 3 aromatic carbocycles. The Bertz CT molecular complexity index is 1350. The van der Waals surface area contributed by atoms with E-state index >= 15 is 0 Å². The van der Waals surface area contributed by atoms with Gasteiger partial charge in [0.1, 0.15) is 11.5 Å². The quantitative estimate of drug-likeness (QED) is 0.306. The zero-order valence-electron chi connectivity index (χ0n) is 22.3. The Balaban J connectivity index is 1.45.